The smallest absolute Gasteiger partial charge is 0.261 e. The highest BCUT2D eigenvalue weighted by atomic mass is 32.1. The summed E-state index contributed by atoms with van der Waals surface area (Å²) >= 11 is 7.13. The Balaban J connectivity index is 1.80. The van der Waals surface area contributed by atoms with E-state index in [-0.39, 0.29) is 5.91 Å². The predicted octanol–water partition coefficient (Wildman–Crippen LogP) is 2.47. The minimum atomic E-state index is -0.0412. The molecule has 0 atom stereocenters. The van der Waals surface area contributed by atoms with Crippen LogP contribution in [-0.4, -0.2) is 17.4 Å². The highest BCUT2D eigenvalue weighted by molar-refractivity contribution is 7.80. The van der Waals surface area contributed by atoms with Gasteiger partial charge in [-0.3, -0.25) is 4.79 Å². The van der Waals surface area contributed by atoms with Crippen LogP contribution in [0.15, 0.2) is 27.2 Å². The molecule has 0 spiro atoms. The number of amides is 1. The molecule has 0 fully saturated rings. The van der Waals surface area contributed by atoms with E-state index in [1.165, 1.54) is 11.3 Å². The molecule has 2 aromatic heterocycles. The van der Waals surface area contributed by atoms with Crippen molar-refractivity contribution in [2.24, 2.45) is 0 Å². The zero-order chi connectivity index (χ0) is 11.4. The number of nitrogens with one attached hydrogen (secondary N) is 1. The van der Waals surface area contributed by atoms with Crippen molar-refractivity contribution in [2.75, 3.05) is 6.54 Å². The number of nitrogens with zero attached hydrogens (tertiary/aromatic N) is 1. The van der Waals surface area contributed by atoms with Crippen LogP contribution >= 0.6 is 35.3 Å². The number of hydrogen-bond acceptors (Lipinski definition) is 5. The van der Waals surface area contributed by atoms with Crippen LogP contribution < -0.4 is 5.32 Å². The molecule has 84 valence electrons. The zero-order valence-electron chi connectivity index (χ0n) is 8.34. The number of hydrogen-bond donors (Lipinski definition) is 2. The van der Waals surface area contributed by atoms with Crippen LogP contribution in [0.5, 0.6) is 0 Å². The lowest BCUT2D eigenvalue weighted by Crippen LogP contribution is -2.24. The largest absolute Gasteiger partial charge is 0.351 e. The molecule has 2 aromatic rings. The van der Waals surface area contributed by atoms with Gasteiger partial charge in [0.15, 0.2) is 0 Å². The summed E-state index contributed by atoms with van der Waals surface area (Å²) in [7, 11) is 0. The Morgan fingerprint density at radius 2 is 2.38 bits per heavy atom. The maximum Gasteiger partial charge on any atom is 0.261 e. The van der Waals surface area contributed by atoms with Gasteiger partial charge in [-0.2, -0.15) is 0 Å². The molecule has 0 radical (unpaired) electrons. The molecule has 1 amide bonds. The number of carbonyl (C=O) groups is 1. The Morgan fingerprint density at radius 1 is 1.50 bits per heavy atom. The van der Waals surface area contributed by atoms with E-state index < -0.39 is 0 Å². The van der Waals surface area contributed by atoms with Crippen LogP contribution in [0.4, 0.5) is 0 Å². The van der Waals surface area contributed by atoms with Crippen molar-refractivity contribution >= 4 is 41.2 Å². The minimum absolute atomic E-state index is 0.0412. The average Bonchev–Trinajstić information content (AvgIpc) is 2.89. The zero-order valence-corrected chi connectivity index (χ0v) is 10.9. The van der Waals surface area contributed by atoms with Gasteiger partial charge in [-0.25, -0.2) is 4.98 Å². The van der Waals surface area contributed by atoms with Gasteiger partial charge in [0.1, 0.15) is 0 Å². The van der Waals surface area contributed by atoms with Crippen LogP contribution in [0.25, 0.3) is 0 Å². The standard InChI is InChI=1S/C10H10N2OS3/c13-10(9-3-8(14)5-16-9)11-2-1-7-4-15-6-12-7/h3-6,14H,1-2H2,(H,11,13). The van der Waals surface area contributed by atoms with Crippen molar-refractivity contribution in [1.82, 2.24) is 10.3 Å². The third-order valence-electron chi connectivity index (χ3n) is 1.96. The van der Waals surface area contributed by atoms with Gasteiger partial charge in [-0.05, 0) is 6.07 Å². The fraction of sp³-hybridized carbons (Fsp3) is 0.200. The third kappa shape index (κ3) is 3.07. The Hall–Kier alpha value is -0.850. The number of aromatic nitrogens is 1. The van der Waals surface area contributed by atoms with E-state index in [0.717, 1.165) is 17.0 Å². The van der Waals surface area contributed by atoms with Gasteiger partial charge < -0.3 is 5.32 Å². The number of rotatable bonds is 4. The molecule has 0 aliphatic rings. The fourth-order valence-corrected chi connectivity index (χ4v) is 2.85. The van der Waals surface area contributed by atoms with Crippen LogP contribution in [0, 0.1) is 0 Å². The minimum Gasteiger partial charge on any atom is -0.351 e. The summed E-state index contributed by atoms with van der Waals surface area (Å²) in [6, 6.07) is 1.77. The predicted molar refractivity (Wildman–Crippen MR) is 69.7 cm³/mol. The molecule has 0 aromatic carbocycles. The van der Waals surface area contributed by atoms with Crippen molar-refractivity contribution in [3.63, 3.8) is 0 Å². The number of thiol groups is 1. The molecule has 0 unspecified atom stereocenters. The summed E-state index contributed by atoms with van der Waals surface area (Å²) in [4.78, 5) is 17.3. The highest BCUT2D eigenvalue weighted by Crippen LogP contribution is 2.17. The Kier molecular flexibility index (Phi) is 3.98. The molecule has 0 aliphatic carbocycles. The average molecular weight is 270 g/mol. The second-order valence-corrected chi connectivity index (χ2v) is 5.30. The molecule has 3 nitrogen and oxygen atoms in total. The van der Waals surface area contributed by atoms with Gasteiger partial charge in [-0.1, -0.05) is 0 Å². The summed E-state index contributed by atoms with van der Waals surface area (Å²) in [5.41, 5.74) is 2.82. The van der Waals surface area contributed by atoms with E-state index in [0.29, 0.717) is 11.4 Å². The summed E-state index contributed by atoms with van der Waals surface area (Å²) in [6.07, 6.45) is 0.772. The van der Waals surface area contributed by atoms with E-state index in [1.807, 2.05) is 10.8 Å². The molecule has 2 heterocycles. The second kappa shape index (κ2) is 5.47. The van der Waals surface area contributed by atoms with Gasteiger partial charge in [0.05, 0.1) is 16.1 Å². The normalized spacial score (nSPS) is 10.3. The van der Waals surface area contributed by atoms with Crippen molar-refractivity contribution in [3.05, 3.63) is 32.9 Å². The van der Waals surface area contributed by atoms with Gasteiger partial charge in [-0.15, -0.1) is 35.3 Å². The molecule has 0 saturated heterocycles. The topological polar surface area (TPSA) is 42.0 Å². The van der Waals surface area contributed by atoms with Crippen LogP contribution in [0.2, 0.25) is 0 Å². The molecular formula is C10H10N2OS3. The molecule has 2 rings (SSSR count). The van der Waals surface area contributed by atoms with Crippen molar-refractivity contribution in [3.8, 4) is 0 Å². The van der Waals surface area contributed by atoms with Crippen molar-refractivity contribution in [1.29, 1.82) is 0 Å². The number of thiazole rings is 1. The summed E-state index contributed by atoms with van der Waals surface area (Å²) in [6.45, 7) is 0.613. The van der Waals surface area contributed by atoms with E-state index in [2.05, 4.69) is 22.9 Å². The van der Waals surface area contributed by atoms with E-state index >= 15 is 0 Å². The molecule has 1 N–H and O–H groups in total. The number of carbonyl (C=O) groups excluding carboxylic acids is 1. The summed E-state index contributed by atoms with van der Waals surface area (Å²) in [5, 5.41) is 6.69. The van der Waals surface area contributed by atoms with Crippen molar-refractivity contribution in [2.45, 2.75) is 11.3 Å². The van der Waals surface area contributed by atoms with Gasteiger partial charge in [0.2, 0.25) is 0 Å². The lowest BCUT2D eigenvalue weighted by Gasteiger charge is -2.01. The van der Waals surface area contributed by atoms with Gasteiger partial charge >= 0.3 is 0 Å². The van der Waals surface area contributed by atoms with E-state index in [1.54, 1.807) is 22.9 Å². The molecular weight excluding hydrogens is 260 g/mol. The number of thiophene rings is 1. The first-order chi connectivity index (χ1) is 7.75. The first kappa shape index (κ1) is 11.6. The SMILES string of the molecule is O=C(NCCc1cscn1)c1cc(S)cs1. The Labute approximate surface area is 107 Å². The molecule has 0 saturated carbocycles. The first-order valence-electron chi connectivity index (χ1n) is 4.68. The Bertz CT molecular complexity index is 464. The maximum atomic E-state index is 11.6. The first-order valence-corrected chi connectivity index (χ1v) is 6.95. The molecule has 0 aliphatic heterocycles. The molecule has 6 heteroatoms. The highest BCUT2D eigenvalue weighted by Gasteiger charge is 2.07. The Morgan fingerprint density at radius 3 is 3.00 bits per heavy atom. The van der Waals surface area contributed by atoms with Crippen molar-refractivity contribution < 1.29 is 4.79 Å². The summed E-state index contributed by atoms with van der Waals surface area (Å²) < 4.78 is 0. The van der Waals surface area contributed by atoms with Crippen LogP contribution in [0.3, 0.4) is 0 Å². The quantitative estimate of drug-likeness (QED) is 0.838. The van der Waals surface area contributed by atoms with Gasteiger partial charge in [0, 0.05) is 28.6 Å². The summed E-state index contributed by atoms with van der Waals surface area (Å²) in [5.74, 6) is -0.0412. The maximum absolute atomic E-state index is 11.6. The van der Waals surface area contributed by atoms with E-state index in [4.69, 9.17) is 0 Å². The lowest BCUT2D eigenvalue weighted by molar-refractivity contribution is 0.0958. The van der Waals surface area contributed by atoms with Crippen LogP contribution in [0.1, 0.15) is 15.4 Å². The third-order valence-corrected chi connectivity index (χ3v) is 3.96. The monoisotopic (exact) mass is 270 g/mol. The fourth-order valence-electron chi connectivity index (χ4n) is 1.20. The molecule has 0 bridgehead atoms. The van der Waals surface area contributed by atoms with Crippen LogP contribution in [-0.2, 0) is 6.42 Å². The van der Waals surface area contributed by atoms with Gasteiger partial charge in [0.25, 0.3) is 5.91 Å². The van der Waals surface area contributed by atoms with E-state index in [9.17, 15) is 4.79 Å². The molecule has 16 heavy (non-hydrogen) atoms. The second-order valence-electron chi connectivity index (χ2n) is 3.15. The lowest BCUT2D eigenvalue weighted by atomic mass is 10.3.